The number of nitrogens with zero attached hydrogens (tertiary/aromatic N) is 1. The van der Waals surface area contributed by atoms with Crippen molar-refractivity contribution < 1.29 is 14.0 Å². The summed E-state index contributed by atoms with van der Waals surface area (Å²) in [6.07, 6.45) is 2.79. The SMILES string of the molecule is C=CC(=O)Nc1ccc(-c2cccc(C(C)C(=O)Nc3ncc(C)s3)c2)cc1F. The summed E-state index contributed by atoms with van der Waals surface area (Å²) in [5.74, 6) is -1.60. The Labute approximate surface area is 172 Å². The lowest BCUT2D eigenvalue weighted by atomic mass is 9.95. The zero-order valence-corrected chi connectivity index (χ0v) is 16.8. The Kier molecular flexibility index (Phi) is 6.19. The van der Waals surface area contributed by atoms with E-state index < -0.39 is 17.6 Å². The van der Waals surface area contributed by atoms with Crippen molar-refractivity contribution in [3.63, 3.8) is 0 Å². The molecule has 3 rings (SSSR count). The van der Waals surface area contributed by atoms with Crippen LogP contribution in [0.4, 0.5) is 15.2 Å². The Morgan fingerprint density at radius 1 is 1.17 bits per heavy atom. The van der Waals surface area contributed by atoms with Crippen LogP contribution in [0.2, 0.25) is 0 Å². The van der Waals surface area contributed by atoms with Gasteiger partial charge in [0.05, 0.1) is 11.6 Å². The zero-order chi connectivity index (χ0) is 21.0. The molecule has 0 spiro atoms. The standard InChI is InChI=1S/C22H20FN3O2S/c1-4-20(27)25-19-9-8-17(11-18(19)23)16-7-5-6-15(10-16)14(3)21(28)26-22-24-12-13(2)29-22/h4-12,14H,1H2,2-3H3,(H,25,27)(H,24,26,28). The predicted octanol–water partition coefficient (Wildman–Crippen LogP) is 5.12. The van der Waals surface area contributed by atoms with Crippen LogP contribution in [0.5, 0.6) is 0 Å². The molecule has 0 saturated carbocycles. The van der Waals surface area contributed by atoms with E-state index in [2.05, 4.69) is 22.2 Å². The van der Waals surface area contributed by atoms with E-state index in [1.165, 1.54) is 23.5 Å². The fraction of sp³-hybridized carbons (Fsp3) is 0.136. The number of carbonyl (C=O) groups is 2. The van der Waals surface area contributed by atoms with Crippen molar-refractivity contribution in [2.24, 2.45) is 0 Å². The minimum Gasteiger partial charge on any atom is -0.320 e. The number of amides is 2. The quantitative estimate of drug-likeness (QED) is 0.555. The summed E-state index contributed by atoms with van der Waals surface area (Å²) in [6.45, 7) is 7.08. The Morgan fingerprint density at radius 3 is 2.59 bits per heavy atom. The molecular formula is C22H20FN3O2S. The summed E-state index contributed by atoms with van der Waals surface area (Å²) in [5.41, 5.74) is 2.30. The maximum Gasteiger partial charge on any atom is 0.247 e. The van der Waals surface area contributed by atoms with E-state index in [0.717, 1.165) is 22.1 Å². The first-order chi connectivity index (χ1) is 13.9. The van der Waals surface area contributed by atoms with E-state index in [9.17, 15) is 14.0 Å². The molecule has 148 valence electrons. The highest BCUT2D eigenvalue weighted by Crippen LogP contribution is 2.28. The molecule has 5 nitrogen and oxygen atoms in total. The van der Waals surface area contributed by atoms with Crippen LogP contribution in [0.3, 0.4) is 0 Å². The van der Waals surface area contributed by atoms with Crippen LogP contribution in [0.1, 0.15) is 23.3 Å². The number of benzene rings is 2. The molecule has 3 aromatic rings. The first kappa shape index (κ1) is 20.4. The van der Waals surface area contributed by atoms with Gasteiger partial charge in [-0.05, 0) is 48.7 Å². The molecule has 2 aromatic carbocycles. The van der Waals surface area contributed by atoms with Gasteiger partial charge in [-0.3, -0.25) is 9.59 Å². The summed E-state index contributed by atoms with van der Waals surface area (Å²) < 4.78 is 14.3. The van der Waals surface area contributed by atoms with Crippen LogP contribution in [-0.4, -0.2) is 16.8 Å². The van der Waals surface area contributed by atoms with Crippen molar-refractivity contribution >= 4 is 34.0 Å². The second kappa shape index (κ2) is 8.79. The van der Waals surface area contributed by atoms with Gasteiger partial charge >= 0.3 is 0 Å². The highest BCUT2D eigenvalue weighted by molar-refractivity contribution is 7.15. The number of aromatic nitrogens is 1. The predicted molar refractivity (Wildman–Crippen MR) is 115 cm³/mol. The molecular weight excluding hydrogens is 389 g/mol. The van der Waals surface area contributed by atoms with Gasteiger partial charge in [0.1, 0.15) is 5.82 Å². The van der Waals surface area contributed by atoms with Gasteiger partial charge in [-0.25, -0.2) is 9.37 Å². The molecule has 2 amide bonds. The van der Waals surface area contributed by atoms with E-state index in [1.807, 2.05) is 38.1 Å². The Morgan fingerprint density at radius 2 is 1.93 bits per heavy atom. The number of rotatable bonds is 6. The van der Waals surface area contributed by atoms with Crippen molar-refractivity contribution in [2.75, 3.05) is 10.6 Å². The fourth-order valence-electron chi connectivity index (χ4n) is 2.74. The molecule has 2 N–H and O–H groups in total. The van der Waals surface area contributed by atoms with E-state index in [-0.39, 0.29) is 11.6 Å². The van der Waals surface area contributed by atoms with Crippen molar-refractivity contribution in [3.05, 3.63) is 77.6 Å². The van der Waals surface area contributed by atoms with Crippen LogP contribution in [0, 0.1) is 12.7 Å². The summed E-state index contributed by atoms with van der Waals surface area (Å²) in [6, 6.07) is 11.9. The summed E-state index contributed by atoms with van der Waals surface area (Å²) in [5, 5.41) is 5.80. The van der Waals surface area contributed by atoms with Crippen molar-refractivity contribution in [2.45, 2.75) is 19.8 Å². The van der Waals surface area contributed by atoms with E-state index in [1.54, 1.807) is 12.3 Å². The second-order valence-corrected chi connectivity index (χ2v) is 7.74. The number of carbonyl (C=O) groups excluding carboxylic acids is 2. The van der Waals surface area contributed by atoms with Crippen LogP contribution >= 0.6 is 11.3 Å². The molecule has 0 aliphatic heterocycles. The van der Waals surface area contributed by atoms with E-state index in [0.29, 0.717) is 10.7 Å². The Balaban J connectivity index is 1.79. The summed E-state index contributed by atoms with van der Waals surface area (Å²) in [4.78, 5) is 29.1. The van der Waals surface area contributed by atoms with Crippen molar-refractivity contribution in [3.8, 4) is 11.1 Å². The van der Waals surface area contributed by atoms with Crippen molar-refractivity contribution in [1.82, 2.24) is 4.98 Å². The number of nitrogens with one attached hydrogen (secondary N) is 2. The molecule has 0 saturated heterocycles. The third-order valence-corrected chi connectivity index (χ3v) is 5.21. The Bertz CT molecular complexity index is 1080. The zero-order valence-electron chi connectivity index (χ0n) is 16.0. The molecule has 0 aliphatic carbocycles. The minimum atomic E-state index is -0.548. The topological polar surface area (TPSA) is 71.1 Å². The van der Waals surface area contributed by atoms with Crippen LogP contribution in [0.15, 0.2) is 61.3 Å². The number of hydrogen-bond acceptors (Lipinski definition) is 4. The lowest BCUT2D eigenvalue weighted by Crippen LogP contribution is -2.18. The molecule has 1 aromatic heterocycles. The number of aryl methyl sites for hydroxylation is 1. The molecule has 1 heterocycles. The normalized spacial score (nSPS) is 11.6. The third-order valence-electron chi connectivity index (χ3n) is 4.38. The molecule has 7 heteroatoms. The van der Waals surface area contributed by atoms with Crippen LogP contribution in [-0.2, 0) is 9.59 Å². The lowest BCUT2D eigenvalue weighted by molar-refractivity contribution is -0.117. The average molecular weight is 409 g/mol. The highest BCUT2D eigenvalue weighted by atomic mass is 32.1. The smallest absolute Gasteiger partial charge is 0.247 e. The first-order valence-electron chi connectivity index (χ1n) is 8.94. The molecule has 29 heavy (non-hydrogen) atoms. The number of hydrogen-bond donors (Lipinski definition) is 2. The summed E-state index contributed by atoms with van der Waals surface area (Å²) >= 11 is 1.42. The van der Waals surface area contributed by atoms with Gasteiger partial charge in [0.15, 0.2) is 5.13 Å². The van der Waals surface area contributed by atoms with Gasteiger partial charge in [0.25, 0.3) is 0 Å². The number of anilines is 2. The fourth-order valence-corrected chi connectivity index (χ4v) is 3.41. The third kappa shape index (κ3) is 4.94. The van der Waals surface area contributed by atoms with Gasteiger partial charge in [-0.1, -0.05) is 36.9 Å². The Hall–Kier alpha value is -3.32. The van der Waals surface area contributed by atoms with Gasteiger partial charge in [-0.15, -0.1) is 11.3 Å². The van der Waals surface area contributed by atoms with E-state index >= 15 is 0 Å². The maximum absolute atomic E-state index is 14.3. The monoisotopic (exact) mass is 409 g/mol. The molecule has 0 radical (unpaired) electrons. The maximum atomic E-state index is 14.3. The first-order valence-corrected chi connectivity index (χ1v) is 9.75. The van der Waals surface area contributed by atoms with Crippen LogP contribution < -0.4 is 10.6 Å². The van der Waals surface area contributed by atoms with Crippen LogP contribution in [0.25, 0.3) is 11.1 Å². The number of thiazole rings is 1. The minimum absolute atomic E-state index is 0.0845. The van der Waals surface area contributed by atoms with Gasteiger partial charge in [0.2, 0.25) is 11.8 Å². The summed E-state index contributed by atoms with van der Waals surface area (Å²) in [7, 11) is 0. The lowest BCUT2D eigenvalue weighted by Gasteiger charge is -2.13. The molecule has 0 bridgehead atoms. The molecule has 0 fully saturated rings. The van der Waals surface area contributed by atoms with Gasteiger partial charge < -0.3 is 10.6 Å². The van der Waals surface area contributed by atoms with Crippen molar-refractivity contribution in [1.29, 1.82) is 0 Å². The second-order valence-electron chi connectivity index (χ2n) is 6.50. The van der Waals surface area contributed by atoms with Gasteiger partial charge in [-0.2, -0.15) is 0 Å². The molecule has 1 atom stereocenters. The molecule has 0 aliphatic rings. The average Bonchev–Trinajstić information content (AvgIpc) is 3.13. The largest absolute Gasteiger partial charge is 0.320 e. The molecule has 1 unspecified atom stereocenters. The highest BCUT2D eigenvalue weighted by Gasteiger charge is 2.17. The number of halogens is 1. The van der Waals surface area contributed by atoms with Gasteiger partial charge in [0, 0.05) is 11.1 Å². The van der Waals surface area contributed by atoms with E-state index in [4.69, 9.17) is 0 Å².